The van der Waals surface area contributed by atoms with E-state index in [2.05, 4.69) is 31.4 Å². The Balaban J connectivity index is 2.27. The molecule has 0 aliphatic carbocycles. The van der Waals surface area contributed by atoms with Crippen LogP contribution in [0.15, 0.2) is 73.0 Å². The van der Waals surface area contributed by atoms with E-state index in [1.54, 1.807) is 13.4 Å². The molecule has 33 heavy (non-hydrogen) atoms. The molecule has 1 saturated heterocycles. The third kappa shape index (κ3) is 5.31. The molecule has 2 unspecified atom stereocenters. The van der Waals surface area contributed by atoms with Gasteiger partial charge in [-0.05, 0) is 67.2 Å². The summed E-state index contributed by atoms with van der Waals surface area (Å²) in [5, 5.41) is 1.37. The Bertz CT molecular complexity index is 1020. The number of piperidine rings is 1. The van der Waals surface area contributed by atoms with Crippen molar-refractivity contribution in [1.82, 2.24) is 4.90 Å². The third-order valence-electron chi connectivity index (χ3n) is 6.74. The minimum atomic E-state index is -0.571. The number of halogens is 2. The number of methoxy groups -OCH3 is 1. The SMILES string of the molecule is C=CC[C@@]1(C)CC(c2cccc(Cl)c2)[C@@H](c2ccc(Cl)cc2)N(C(CC)C(C)=COC)C1=O. The lowest BCUT2D eigenvalue weighted by atomic mass is 9.67. The summed E-state index contributed by atoms with van der Waals surface area (Å²) in [5.41, 5.74) is 2.62. The zero-order valence-corrected chi connectivity index (χ0v) is 21.4. The molecular formula is C28H33Cl2NO2. The Kier molecular flexibility index (Phi) is 8.31. The predicted octanol–water partition coefficient (Wildman–Crippen LogP) is 7.96. The van der Waals surface area contributed by atoms with Crippen LogP contribution in [-0.2, 0) is 9.53 Å². The second kappa shape index (κ2) is 10.8. The van der Waals surface area contributed by atoms with Gasteiger partial charge >= 0.3 is 0 Å². The molecule has 1 fully saturated rings. The number of hydrogen-bond donors (Lipinski definition) is 0. The van der Waals surface area contributed by atoms with Crippen molar-refractivity contribution in [2.24, 2.45) is 5.41 Å². The summed E-state index contributed by atoms with van der Waals surface area (Å²) in [4.78, 5) is 16.3. The van der Waals surface area contributed by atoms with E-state index in [-0.39, 0.29) is 23.9 Å². The molecule has 2 aromatic carbocycles. The molecule has 0 radical (unpaired) electrons. The first-order valence-electron chi connectivity index (χ1n) is 11.4. The van der Waals surface area contributed by atoms with Crippen LogP contribution in [-0.4, -0.2) is 24.0 Å². The maximum atomic E-state index is 14.2. The molecule has 4 atom stereocenters. The van der Waals surface area contributed by atoms with E-state index >= 15 is 0 Å². The van der Waals surface area contributed by atoms with Crippen molar-refractivity contribution >= 4 is 29.1 Å². The number of ether oxygens (including phenoxy) is 1. The van der Waals surface area contributed by atoms with Gasteiger partial charge in [-0.1, -0.05) is 67.4 Å². The molecule has 1 amide bonds. The van der Waals surface area contributed by atoms with Crippen LogP contribution in [0.25, 0.3) is 0 Å². The number of allylic oxidation sites excluding steroid dienone is 1. The maximum Gasteiger partial charge on any atom is 0.229 e. The topological polar surface area (TPSA) is 29.5 Å². The highest BCUT2D eigenvalue weighted by atomic mass is 35.5. The Morgan fingerprint density at radius 1 is 1.21 bits per heavy atom. The molecule has 0 bridgehead atoms. The highest BCUT2D eigenvalue weighted by Gasteiger charge is 2.51. The minimum absolute atomic E-state index is 0.0527. The first-order chi connectivity index (χ1) is 15.8. The van der Waals surface area contributed by atoms with Gasteiger partial charge in [-0.3, -0.25) is 4.79 Å². The van der Waals surface area contributed by atoms with Gasteiger partial charge in [0.25, 0.3) is 0 Å². The second-order valence-electron chi connectivity index (χ2n) is 9.15. The van der Waals surface area contributed by atoms with E-state index in [1.165, 1.54) is 0 Å². The first kappa shape index (κ1) is 25.4. The van der Waals surface area contributed by atoms with Crippen molar-refractivity contribution in [3.05, 3.63) is 94.2 Å². The van der Waals surface area contributed by atoms with Crippen LogP contribution in [0.3, 0.4) is 0 Å². The Labute approximate surface area is 208 Å². The first-order valence-corrected chi connectivity index (χ1v) is 12.1. The van der Waals surface area contributed by atoms with Crippen molar-refractivity contribution in [1.29, 1.82) is 0 Å². The summed E-state index contributed by atoms with van der Waals surface area (Å²) in [6, 6.07) is 15.6. The monoisotopic (exact) mass is 485 g/mol. The number of carbonyl (C=O) groups excluding carboxylic acids is 1. The molecule has 1 heterocycles. The van der Waals surface area contributed by atoms with Crippen LogP contribution < -0.4 is 0 Å². The molecule has 5 heteroatoms. The van der Waals surface area contributed by atoms with Gasteiger partial charge < -0.3 is 9.64 Å². The quantitative estimate of drug-likeness (QED) is 0.280. The van der Waals surface area contributed by atoms with Gasteiger partial charge in [-0.25, -0.2) is 0 Å². The highest BCUT2D eigenvalue weighted by Crippen LogP contribution is 2.52. The smallest absolute Gasteiger partial charge is 0.229 e. The highest BCUT2D eigenvalue weighted by molar-refractivity contribution is 6.30. The number of nitrogens with zero attached hydrogens (tertiary/aromatic N) is 1. The van der Waals surface area contributed by atoms with Crippen LogP contribution in [0, 0.1) is 5.41 Å². The van der Waals surface area contributed by atoms with Crippen molar-refractivity contribution in [3.63, 3.8) is 0 Å². The van der Waals surface area contributed by atoms with Gasteiger partial charge in [-0.2, -0.15) is 0 Å². The zero-order valence-electron chi connectivity index (χ0n) is 19.9. The molecule has 176 valence electrons. The van der Waals surface area contributed by atoms with Gasteiger partial charge in [0.2, 0.25) is 5.91 Å². The van der Waals surface area contributed by atoms with E-state index in [9.17, 15) is 4.79 Å². The molecule has 2 aromatic rings. The summed E-state index contributed by atoms with van der Waals surface area (Å²) in [6.07, 6.45) is 5.68. The average Bonchev–Trinajstić information content (AvgIpc) is 2.78. The van der Waals surface area contributed by atoms with Crippen LogP contribution in [0.1, 0.15) is 63.1 Å². The summed E-state index contributed by atoms with van der Waals surface area (Å²) >= 11 is 12.6. The van der Waals surface area contributed by atoms with Crippen molar-refractivity contribution in [2.75, 3.05) is 7.11 Å². The van der Waals surface area contributed by atoms with Gasteiger partial charge in [0.05, 0.1) is 30.9 Å². The summed E-state index contributed by atoms with van der Waals surface area (Å²) in [5.74, 6) is 0.188. The number of likely N-dealkylation sites (tertiary alicyclic amines) is 1. The molecule has 3 nitrogen and oxygen atoms in total. The summed E-state index contributed by atoms with van der Waals surface area (Å²) < 4.78 is 5.34. The molecule has 3 rings (SSSR count). The lowest BCUT2D eigenvalue weighted by Crippen LogP contribution is -2.55. The minimum Gasteiger partial charge on any atom is -0.504 e. The van der Waals surface area contributed by atoms with Crippen LogP contribution in [0.2, 0.25) is 10.0 Å². The van der Waals surface area contributed by atoms with Crippen molar-refractivity contribution < 1.29 is 9.53 Å². The fourth-order valence-electron chi connectivity index (χ4n) is 5.23. The van der Waals surface area contributed by atoms with Crippen LogP contribution in [0.4, 0.5) is 0 Å². The standard InChI is InChI=1S/C28H33Cl2NO2/c1-6-15-28(4)17-24(21-9-8-10-23(30)16-21)26(20-11-13-22(29)14-12-20)31(27(28)32)25(7-2)19(3)18-33-5/h6,8-14,16,18,24-26H,1,7,15,17H2,2-5H3/t24?,25?,26-,28+/m1/s1. The Hall–Kier alpha value is -2.23. The molecule has 0 N–H and O–H groups in total. The lowest BCUT2D eigenvalue weighted by Gasteiger charge is -2.52. The Morgan fingerprint density at radius 2 is 1.91 bits per heavy atom. The van der Waals surface area contributed by atoms with Gasteiger partial charge in [0.1, 0.15) is 0 Å². The van der Waals surface area contributed by atoms with Gasteiger partial charge in [-0.15, -0.1) is 6.58 Å². The van der Waals surface area contributed by atoms with Crippen molar-refractivity contribution in [2.45, 2.75) is 58.0 Å². The largest absolute Gasteiger partial charge is 0.504 e. The number of amides is 1. The van der Waals surface area contributed by atoms with Crippen molar-refractivity contribution in [3.8, 4) is 0 Å². The fourth-order valence-corrected chi connectivity index (χ4v) is 5.56. The van der Waals surface area contributed by atoms with E-state index in [1.807, 2.05) is 55.5 Å². The van der Waals surface area contributed by atoms with Gasteiger partial charge in [0, 0.05) is 16.0 Å². The third-order valence-corrected chi connectivity index (χ3v) is 7.22. The van der Waals surface area contributed by atoms with Crippen LogP contribution >= 0.6 is 23.2 Å². The normalized spacial score (nSPS) is 24.5. The van der Waals surface area contributed by atoms with Crippen LogP contribution in [0.5, 0.6) is 0 Å². The summed E-state index contributed by atoms with van der Waals surface area (Å²) in [6.45, 7) is 10.1. The number of benzene rings is 2. The molecule has 0 aromatic heterocycles. The molecular weight excluding hydrogens is 453 g/mol. The maximum absolute atomic E-state index is 14.2. The van der Waals surface area contributed by atoms with Gasteiger partial charge in [0.15, 0.2) is 0 Å². The van der Waals surface area contributed by atoms with E-state index in [4.69, 9.17) is 27.9 Å². The zero-order chi connectivity index (χ0) is 24.2. The van der Waals surface area contributed by atoms with E-state index < -0.39 is 5.41 Å². The number of carbonyl (C=O) groups is 1. The summed E-state index contributed by atoms with van der Waals surface area (Å²) in [7, 11) is 1.64. The molecule has 0 saturated carbocycles. The molecule has 1 aliphatic rings. The van der Waals surface area contributed by atoms with E-state index in [0.29, 0.717) is 22.9 Å². The number of rotatable bonds is 8. The fraction of sp³-hybridized carbons (Fsp3) is 0.393. The average molecular weight is 486 g/mol. The molecule has 0 spiro atoms. The number of hydrogen-bond acceptors (Lipinski definition) is 2. The van der Waals surface area contributed by atoms with E-state index in [0.717, 1.165) is 23.1 Å². The second-order valence-corrected chi connectivity index (χ2v) is 10.0. The lowest BCUT2D eigenvalue weighted by molar-refractivity contribution is -0.153. The predicted molar refractivity (Wildman–Crippen MR) is 138 cm³/mol. The molecule has 1 aliphatic heterocycles. The Morgan fingerprint density at radius 3 is 2.48 bits per heavy atom.